The first-order valence-corrected chi connectivity index (χ1v) is 9.98. The smallest absolute Gasteiger partial charge is 0.262 e. The molecule has 0 aliphatic heterocycles. The second kappa shape index (κ2) is 7.22. The molecule has 5 heteroatoms. The average Bonchev–Trinajstić information content (AvgIpc) is 3.15. The van der Waals surface area contributed by atoms with Crippen molar-refractivity contribution in [2.24, 2.45) is 0 Å². The zero-order valence-corrected chi connectivity index (χ0v) is 15.4. The van der Waals surface area contributed by atoms with E-state index < -0.39 is 0 Å². The highest BCUT2D eigenvalue weighted by molar-refractivity contribution is 7.98. The Bertz CT molecular complexity index is 963. The molecule has 0 atom stereocenters. The molecule has 0 unspecified atom stereocenters. The van der Waals surface area contributed by atoms with Crippen molar-refractivity contribution in [2.75, 3.05) is 0 Å². The van der Waals surface area contributed by atoms with Crippen molar-refractivity contribution in [3.8, 4) is 0 Å². The van der Waals surface area contributed by atoms with Crippen LogP contribution in [-0.2, 0) is 5.75 Å². The first kappa shape index (κ1) is 16.7. The molecule has 1 saturated carbocycles. The maximum Gasteiger partial charge on any atom is 0.262 e. The van der Waals surface area contributed by atoms with Crippen LogP contribution < -0.4 is 5.56 Å². The minimum atomic E-state index is 0.0826. The first-order valence-electron chi connectivity index (χ1n) is 8.61. The van der Waals surface area contributed by atoms with E-state index >= 15 is 0 Å². The van der Waals surface area contributed by atoms with Crippen LogP contribution in [0.1, 0.15) is 37.3 Å². The molecule has 1 aliphatic rings. The number of halogens is 1. The van der Waals surface area contributed by atoms with Crippen molar-refractivity contribution in [3.05, 3.63) is 69.5 Å². The van der Waals surface area contributed by atoms with Crippen LogP contribution in [0.15, 0.2) is 58.5 Å². The zero-order valence-electron chi connectivity index (χ0n) is 13.8. The van der Waals surface area contributed by atoms with Gasteiger partial charge in [-0.25, -0.2) is 4.98 Å². The third-order valence-electron chi connectivity index (χ3n) is 4.78. The largest absolute Gasteiger partial charge is 0.284 e. The fraction of sp³-hybridized carbons (Fsp3) is 0.300. The highest BCUT2D eigenvalue weighted by Crippen LogP contribution is 2.33. The predicted octanol–water partition coefficient (Wildman–Crippen LogP) is 5.46. The molecule has 25 heavy (non-hydrogen) atoms. The van der Waals surface area contributed by atoms with Gasteiger partial charge in [0, 0.05) is 16.8 Å². The Kier molecular flexibility index (Phi) is 4.82. The van der Waals surface area contributed by atoms with Crippen LogP contribution in [0.2, 0.25) is 5.02 Å². The minimum absolute atomic E-state index is 0.0826. The van der Waals surface area contributed by atoms with E-state index in [2.05, 4.69) is 0 Å². The van der Waals surface area contributed by atoms with Gasteiger partial charge in [0.25, 0.3) is 5.56 Å². The van der Waals surface area contributed by atoms with E-state index in [-0.39, 0.29) is 11.6 Å². The molecule has 3 nitrogen and oxygen atoms in total. The standard InChI is InChI=1S/C20H19ClN2OS/c21-17-11-5-1-7-14(17)13-25-20-22-18-12-6-4-10-16(18)19(24)23(20)15-8-2-3-9-15/h1,4-7,10-12,15H,2-3,8-9,13H2. The number of nitrogens with zero attached hydrogens (tertiary/aromatic N) is 2. The lowest BCUT2D eigenvalue weighted by atomic mass is 10.2. The molecule has 0 bridgehead atoms. The number of benzene rings is 2. The molecule has 3 aromatic rings. The second-order valence-electron chi connectivity index (χ2n) is 6.41. The third kappa shape index (κ3) is 3.33. The van der Waals surface area contributed by atoms with Crippen LogP contribution in [0, 0.1) is 0 Å². The summed E-state index contributed by atoms with van der Waals surface area (Å²) in [6.07, 6.45) is 4.47. The Morgan fingerprint density at radius 2 is 1.80 bits per heavy atom. The van der Waals surface area contributed by atoms with Crippen molar-refractivity contribution in [1.29, 1.82) is 0 Å². The Morgan fingerprint density at radius 3 is 2.60 bits per heavy atom. The van der Waals surface area contributed by atoms with Crippen LogP contribution in [-0.4, -0.2) is 9.55 Å². The van der Waals surface area contributed by atoms with E-state index in [1.807, 2.05) is 53.1 Å². The Labute approximate surface area is 156 Å². The van der Waals surface area contributed by atoms with Gasteiger partial charge in [0.2, 0.25) is 0 Å². The molecule has 4 rings (SSSR count). The van der Waals surface area contributed by atoms with E-state index in [1.165, 1.54) is 12.8 Å². The van der Waals surface area contributed by atoms with Crippen LogP contribution in [0.5, 0.6) is 0 Å². The zero-order chi connectivity index (χ0) is 17.2. The molecular weight excluding hydrogens is 352 g/mol. The summed E-state index contributed by atoms with van der Waals surface area (Å²) in [5, 5.41) is 2.26. The molecule has 0 saturated heterocycles. The number of fused-ring (bicyclic) bond motifs is 1. The molecule has 1 aromatic heterocycles. The Balaban J connectivity index is 1.77. The quantitative estimate of drug-likeness (QED) is 0.452. The van der Waals surface area contributed by atoms with Gasteiger partial charge < -0.3 is 0 Å². The lowest BCUT2D eigenvalue weighted by Gasteiger charge is -2.18. The topological polar surface area (TPSA) is 34.9 Å². The lowest BCUT2D eigenvalue weighted by Crippen LogP contribution is -2.26. The summed E-state index contributed by atoms with van der Waals surface area (Å²) < 4.78 is 1.93. The second-order valence-corrected chi connectivity index (χ2v) is 7.75. The summed E-state index contributed by atoms with van der Waals surface area (Å²) in [5.41, 5.74) is 1.91. The summed E-state index contributed by atoms with van der Waals surface area (Å²) in [6, 6.07) is 15.7. The highest BCUT2D eigenvalue weighted by atomic mass is 35.5. The van der Waals surface area contributed by atoms with Crippen molar-refractivity contribution < 1.29 is 0 Å². The van der Waals surface area contributed by atoms with Crippen LogP contribution >= 0.6 is 23.4 Å². The van der Waals surface area contributed by atoms with Gasteiger partial charge in [-0.1, -0.05) is 66.5 Å². The van der Waals surface area contributed by atoms with Crippen molar-refractivity contribution >= 4 is 34.3 Å². The summed E-state index contributed by atoms with van der Waals surface area (Å²) >= 11 is 7.88. The van der Waals surface area contributed by atoms with Gasteiger partial charge in [0.05, 0.1) is 10.9 Å². The van der Waals surface area contributed by atoms with Crippen LogP contribution in [0.25, 0.3) is 10.9 Å². The molecule has 1 heterocycles. The number of aromatic nitrogens is 2. The molecule has 128 valence electrons. The van der Waals surface area contributed by atoms with Crippen LogP contribution in [0.4, 0.5) is 0 Å². The monoisotopic (exact) mass is 370 g/mol. The first-order chi connectivity index (χ1) is 12.2. The average molecular weight is 371 g/mol. The SMILES string of the molecule is O=c1c2ccccc2nc(SCc2ccccc2Cl)n1C1CCCC1. The normalized spacial score (nSPS) is 15.1. The molecule has 1 aliphatic carbocycles. The minimum Gasteiger partial charge on any atom is -0.284 e. The van der Waals surface area contributed by atoms with Crippen LogP contribution in [0.3, 0.4) is 0 Å². The molecule has 0 N–H and O–H groups in total. The van der Waals surface area contributed by atoms with Gasteiger partial charge >= 0.3 is 0 Å². The predicted molar refractivity (Wildman–Crippen MR) is 105 cm³/mol. The Morgan fingerprint density at radius 1 is 1.08 bits per heavy atom. The number of hydrogen-bond donors (Lipinski definition) is 0. The third-order valence-corrected chi connectivity index (χ3v) is 6.15. The molecule has 0 amide bonds. The highest BCUT2D eigenvalue weighted by Gasteiger charge is 2.23. The van der Waals surface area contributed by atoms with Gasteiger partial charge in [-0.2, -0.15) is 0 Å². The maximum absolute atomic E-state index is 13.1. The van der Waals surface area contributed by atoms with Gasteiger partial charge in [0.1, 0.15) is 0 Å². The molecule has 1 fully saturated rings. The molecule has 0 spiro atoms. The maximum atomic E-state index is 13.1. The number of para-hydroxylation sites is 1. The van der Waals surface area contributed by atoms with Gasteiger partial charge in [-0.05, 0) is 36.6 Å². The van der Waals surface area contributed by atoms with E-state index in [4.69, 9.17) is 16.6 Å². The number of thioether (sulfide) groups is 1. The van der Waals surface area contributed by atoms with Crippen molar-refractivity contribution in [2.45, 2.75) is 42.6 Å². The van der Waals surface area contributed by atoms with E-state index in [9.17, 15) is 4.79 Å². The van der Waals surface area contributed by atoms with Gasteiger partial charge in [0.15, 0.2) is 5.16 Å². The summed E-state index contributed by atoms with van der Waals surface area (Å²) in [5.74, 6) is 0.706. The van der Waals surface area contributed by atoms with Gasteiger partial charge in [-0.3, -0.25) is 9.36 Å². The van der Waals surface area contributed by atoms with E-state index in [0.29, 0.717) is 11.1 Å². The molecule has 0 radical (unpaired) electrons. The van der Waals surface area contributed by atoms with Gasteiger partial charge in [-0.15, -0.1) is 0 Å². The lowest BCUT2D eigenvalue weighted by molar-refractivity contribution is 0.457. The Hall–Kier alpha value is -1.78. The molecule has 2 aromatic carbocycles. The molecular formula is C20H19ClN2OS. The number of rotatable bonds is 4. The summed E-state index contributed by atoms with van der Waals surface area (Å²) in [4.78, 5) is 17.9. The van der Waals surface area contributed by atoms with E-state index in [1.54, 1.807) is 11.8 Å². The summed E-state index contributed by atoms with van der Waals surface area (Å²) in [7, 11) is 0. The van der Waals surface area contributed by atoms with E-state index in [0.717, 1.165) is 34.1 Å². The van der Waals surface area contributed by atoms with Crippen molar-refractivity contribution in [1.82, 2.24) is 9.55 Å². The fourth-order valence-corrected chi connectivity index (χ4v) is 4.82. The van der Waals surface area contributed by atoms with Crippen molar-refractivity contribution in [3.63, 3.8) is 0 Å². The number of hydrogen-bond acceptors (Lipinski definition) is 3. The fourth-order valence-electron chi connectivity index (χ4n) is 3.47. The summed E-state index contributed by atoms with van der Waals surface area (Å²) in [6.45, 7) is 0.